The fourth-order valence-electron chi connectivity index (χ4n) is 1.82. The van der Waals surface area contributed by atoms with Crippen LogP contribution in [0.2, 0.25) is 0 Å². The van der Waals surface area contributed by atoms with Crippen LogP contribution in [0.1, 0.15) is 13.3 Å². The lowest BCUT2D eigenvalue weighted by Crippen LogP contribution is -2.34. The van der Waals surface area contributed by atoms with E-state index in [1.54, 1.807) is 6.92 Å². The lowest BCUT2D eigenvalue weighted by atomic mass is 10.2. The molecule has 0 aliphatic carbocycles. The first-order chi connectivity index (χ1) is 8.70. The number of ether oxygens (including phenoxy) is 1. The third-order valence-electron chi connectivity index (χ3n) is 2.84. The Morgan fingerprint density at radius 3 is 3.00 bits per heavy atom. The molecule has 1 atom stereocenters. The molecule has 1 heterocycles. The van der Waals surface area contributed by atoms with Crippen LogP contribution in [0.5, 0.6) is 5.75 Å². The molecule has 2 rings (SSSR count). The minimum absolute atomic E-state index is 0.102. The lowest BCUT2D eigenvalue weighted by Gasteiger charge is -2.23. The van der Waals surface area contributed by atoms with E-state index in [2.05, 4.69) is 16.0 Å². The topological polar surface area (TPSA) is 62.4 Å². The quantitative estimate of drug-likeness (QED) is 0.691. The highest BCUT2D eigenvalue weighted by Gasteiger charge is 2.23. The van der Waals surface area contributed by atoms with Crippen molar-refractivity contribution < 1.29 is 9.53 Å². The molecule has 0 bridgehead atoms. The molecule has 1 aromatic rings. The summed E-state index contributed by atoms with van der Waals surface area (Å²) >= 11 is 0. The standard InChI is InChI=1S/C13H19N3O2/c1-9-13(17)16-11-8-10(4-5-12(11)18-9)15-7-3-6-14-2/h4-5,8-9,14-15H,3,6-7H2,1-2H3,(H,16,17). The van der Waals surface area contributed by atoms with E-state index < -0.39 is 6.10 Å². The van der Waals surface area contributed by atoms with E-state index >= 15 is 0 Å². The van der Waals surface area contributed by atoms with Crippen LogP contribution in [0.4, 0.5) is 11.4 Å². The van der Waals surface area contributed by atoms with Gasteiger partial charge in [0.05, 0.1) is 5.69 Å². The zero-order valence-electron chi connectivity index (χ0n) is 10.7. The fraction of sp³-hybridized carbons (Fsp3) is 0.462. The van der Waals surface area contributed by atoms with Crippen molar-refractivity contribution in [3.8, 4) is 5.75 Å². The maximum atomic E-state index is 11.5. The summed E-state index contributed by atoms with van der Waals surface area (Å²) < 4.78 is 5.49. The van der Waals surface area contributed by atoms with Crippen LogP contribution in [0, 0.1) is 0 Å². The number of nitrogens with one attached hydrogen (secondary N) is 3. The van der Waals surface area contributed by atoms with Crippen LogP contribution in [0.3, 0.4) is 0 Å². The molecule has 5 nitrogen and oxygen atoms in total. The molecule has 18 heavy (non-hydrogen) atoms. The number of benzene rings is 1. The molecule has 1 aliphatic rings. The molecule has 1 amide bonds. The lowest BCUT2D eigenvalue weighted by molar-refractivity contribution is -0.122. The van der Waals surface area contributed by atoms with Gasteiger partial charge in [0, 0.05) is 12.2 Å². The third-order valence-corrected chi connectivity index (χ3v) is 2.84. The van der Waals surface area contributed by atoms with Crippen LogP contribution in [-0.4, -0.2) is 32.1 Å². The fourth-order valence-corrected chi connectivity index (χ4v) is 1.82. The first kappa shape index (κ1) is 12.7. The number of hydrogen-bond acceptors (Lipinski definition) is 4. The summed E-state index contributed by atoms with van der Waals surface area (Å²) in [4.78, 5) is 11.5. The molecule has 0 aromatic heterocycles. The largest absolute Gasteiger partial charge is 0.479 e. The van der Waals surface area contributed by atoms with Gasteiger partial charge in [-0.3, -0.25) is 4.79 Å². The van der Waals surface area contributed by atoms with Gasteiger partial charge in [-0.25, -0.2) is 0 Å². The Morgan fingerprint density at radius 1 is 1.39 bits per heavy atom. The Bertz CT molecular complexity index is 434. The first-order valence-electron chi connectivity index (χ1n) is 6.21. The van der Waals surface area contributed by atoms with Gasteiger partial charge in [0.1, 0.15) is 5.75 Å². The second-order valence-electron chi connectivity index (χ2n) is 4.34. The average molecular weight is 249 g/mol. The molecule has 0 fully saturated rings. The zero-order chi connectivity index (χ0) is 13.0. The summed E-state index contributed by atoms with van der Waals surface area (Å²) in [5.41, 5.74) is 1.72. The Balaban J connectivity index is 1.99. The molecule has 0 radical (unpaired) electrons. The van der Waals surface area contributed by atoms with Crippen molar-refractivity contribution in [3.05, 3.63) is 18.2 Å². The molecule has 0 saturated heterocycles. The van der Waals surface area contributed by atoms with Crippen molar-refractivity contribution >= 4 is 17.3 Å². The number of anilines is 2. The van der Waals surface area contributed by atoms with Gasteiger partial charge in [0.15, 0.2) is 6.10 Å². The van der Waals surface area contributed by atoms with Gasteiger partial charge < -0.3 is 20.7 Å². The highest BCUT2D eigenvalue weighted by atomic mass is 16.5. The first-order valence-corrected chi connectivity index (χ1v) is 6.21. The molecule has 5 heteroatoms. The van der Waals surface area contributed by atoms with E-state index in [1.165, 1.54) is 0 Å². The summed E-state index contributed by atoms with van der Waals surface area (Å²) in [5, 5.41) is 9.24. The highest BCUT2D eigenvalue weighted by Crippen LogP contribution is 2.31. The van der Waals surface area contributed by atoms with Crippen molar-refractivity contribution in [3.63, 3.8) is 0 Å². The van der Waals surface area contributed by atoms with Crippen LogP contribution < -0.4 is 20.7 Å². The summed E-state index contributed by atoms with van der Waals surface area (Å²) in [6.45, 7) is 3.61. The highest BCUT2D eigenvalue weighted by molar-refractivity contribution is 5.98. The SMILES string of the molecule is CNCCCNc1ccc2c(c1)NC(=O)C(C)O2. The second kappa shape index (κ2) is 5.73. The van der Waals surface area contributed by atoms with Gasteiger partial charge in [0.25, 0.3) is 5.91 Å². The average Bonchev–Trinajstić information content (AvgIpc) is 2.36. The van der Waals surface area contributed by atoms with Crippen molar-refractivity contribution in [2.75, 3.05) is 30.8 Å². The molecule has 0 spiro atoms. The summed E-state index contributed by atoms with van der Waals surface area (Å²) in [7, 11) is 1.94. The van der Waals surface area contributed by atoms with Gasteiger partial charge >= 0.3 is 0 Å². The van der Waals surface area contributed by atoms with Crippen LogP contribution in [0.25, 0.3) is 0 Å². The van der Waals surface area contributed by atoms with Gasteiger partial charge in [-0.05, 0) is 45.1 Å². The van der Waals surface area contributed by atoms with Gasteiger partial charge in [-0.1, -0.05) is 0 Å². The van der Waals surface area contributed by atoms with E-state index in [0.29, 0.717) is 0 Å². The Labute approximate surface area is 107 Å². The summed E-state index contributed by atoms with van der Waals surface area (Å²) in [5.74, 6) is 0.623. The van der Waals surface area contributed by atoms with E-state index in [1.807, 2.05) is 25.2 Å². The number of fused-ring (bicyclic) bond motifs is 1. The maximum Gasteiger partial charge on any atom is 0.265 e. The Hall–Kier alpha value is -1.75. The molecular weight excluding hydrogens is 230 g/mol. The molecule has 1 aliphatic heterocycles. The van der Waals surface area contributed by atoms with Crippen molar-refractivity contribution in [1.29, 1.82) is 0 Å². The number of amides is 1. The van der Waals surface area contributed by atoms with Crippen LogP contribution in [-0.2, 0) is 4.79 Å². The summed E-state index contributed by atoms with van der Waals surface area (Å²) in [6.07, 6.45) is 0.625. The molecule has 0 saturated carbocycles. The summed E-state index contributed by atoms with van der Waals surface area (Å²) in [6, 6.07) is 5.74. The zero-order valence-corrected chi connectivity index (χ0v) is 10.7. The predicted molar refractivity (Wildman–Crippen MR) is 72.2 cm³/mol. The normalized spacial score (nSPS) is 17.7. The van der Waals surface area contributed by atoms with Crippen molar-refractivity contribution in [2.45, 2.75) is 19.4 Å². The number of carbonyl (C=O) groups is 1. The monoisotopic (exact) mass is 249 g/mol. The minimum atomic E-state index is -0.424. The molecule has 98 valence electrons. The predicted octanol–water partition coefficient (Wildman–Crippen LogP) is 1.43. The van der Waals surface area contributed by atoms with Gasteiger partial charge in [-0.15, -0.1) is 0 Å². The molecular formula is C13H19N3O2. The number of rotatable bonds is 5. The second-order valence-corrected chi connectivity index (χ2v) is 4.34. The van der Waals surface area contributed by atoms with Crippen molar-refractivity contribution in [1.82, 2.24) is 5.32 Å². The van der Waals surface area contributed by atoms with E-state index in [-0.39, 0.29) is 5.91 Å². The van der Waals surface area contributed by atoms with Crippen LogP contribution in [0.15, 0.2) is 18.2 Å². The number of hydrogen-bond donors (Lipinski definition) is 3. The van der Waals surface area contributed by atoms with E-state index in [9.17, 15) is 4.79 Å². The van der Waals surface area contributed by atoms with Gasteiger partial charge in [0.2, 0.25) is 0 Å². The molecule has 1 aromatic carbocycles. The smallest absolute Gasteiger partial charge is 0.265 e. The molecule has 1 unspecified atom stereocenters. The molecule has 3 N–H and O–H groups in total. The minimum Gasteiger partial charge on any atom is -0.479 e. The van der Waals surface area contributed by atoms with Crippen LogP contribution >= 0.6 is 0 Å². The van der Waals surface area contributed by atoms with E-state index in [4.69, 9.17) is 4.74 Å². The maximum absolute atomic E-state index is 11.5. The Morgan fingerprint density at radius 2 is 2.22 bits per heavy atom. The Kier molecular flexibility index (Phi) is 4.04. The third kappa shape index (κ3) is 2.92. The number of carbonyl (C=O) groups excluding carboxylic acids is 1. The van der Waals surface area contributed by atoms with Gasteiger partial charge in [-0.2, -0.15) is 0 Å². The van der Waals surface area contributed by atoms with Crippen molar-refractivity contribution in [2.24, 2.45) is 0 Å². The van der Waals surface area contributed by atoms with E-state index in [0.717, 1.165) is 36.6 Å².